The van der Waals surface area contributed by atoms with Crippen molar-refractivity contribution in [2.45, 2.75) is 63.7 Å². The Morgan fingerprint density at radius 2 is 1.91 bits per heavy atom. The van der Waals surface area contributed by atoms with Crippen molar-refractivity contribution < 1.29 is 4.74 Å². The van der Waals surface area contributed by atoms with Crippen LogP contribution in [0, 0.1) is 17.2 Å². The second kappa shape index (κ2) is 11.4. The minimum Gasteiger partial charge on any atom is -0.492 e. The molecule has 4 heteroatoms. The second-order valence-corrected chi connectivity index (χ2v) is 6.35. The number of rotatable bonds is 11. The van der Waals surface area contributed by atoms with Crippen LogP contribution in [-0.2, 0) is 0 Å². The van der Waals surface area contributed by atoms with E-state index in [0.29, 0.717) is 23.8 Å². The summed E-state index contributed by atoms with van der Waals surface area (Å²) < 4.78 is 5.97. The molecule has 1 rings (SSSR count). The molecule has 1 aromatic carbocycles. The molecule has 0 fully saturated rings. The molecule has 0 aliphatic rings. The van der Waals surface area contributed by atoms with Gasteiger partial charge < -0.3 is 4.74 Å². The van der Waals surface area contributed by atoms with Crippen molar-refractivity contribution in [1.29, 1.82) is 5.26 Å². The van der Waals surface area contributed by atoms with E-state index in [2.05, 4.69) is 19.9 Å². The lowest BCUT2D eigenvalue weighted by Gasteiger charge is -2.18. The van der Waals surface area contributed by atoms with Crippen LogP contribution in [0.5, 0.6) is 5.75 Å². The molecule has 1 aromatic rings. The normalized spacial score (nSPS) is 11.9. The predicted molar refractivity (Wildman–Crippen MR) is 93.9 cm³/mol. The molecule has 2 N–H and O–H groups in total. The molecule has 3 nitrogen and oxygen atoms in total. The summed E-state index contributed by atoms with van der Waals surface area (Å²) in [5.41, 5.74) is 0.554. The lowest BCUT2D eigenvalue weighted by molar-refractivity contribution is 0.224. The van der Waals surface area contributed by atoms with Crippen molar-refractivity contribution in [3.63, 3.8) is 0 Å². The SMILES string of the molecule is CCCCCC(CCCC)COc1cccc(SN)c1C#N. The van der Waals surface area contributed by atoms with E-state index < -0.39 is 0 Å². The molecule has 0 saturated heterocycles. The van der Waals surface area contributed by atoms with Gasteiger partial charge in [0.05, 0.1) is 6.61 Å². The average Bonchev–Trinajstić information content (AvgIpc) is 2.56. The third-order valence-electron chi connectivity index (χ3n) is 3.88. The van der Waals surface area contributed by atoms with Crippen molar-refractivity contribution in [3.05, 3.63) is 23.8 Å². The minimum atomic E-state index is 0.554. The summed E-state index contributed by atoms with van der Waals surface area (Å²) >= 11 is 1.10. The third kappa shape index (κ3) is 6.29. The first-order valence-electron chi connectivity index (χ1n) is 8.29. The van der Waals surface area contributed by atoms with Crippen molar-refractivity contribution in [3.8, 4) is 11.8 Å². The van der Waals surface area contributed by atoms with Crippen molar-refractivity contribution >= 4 is 11.9 Å². The molecule has 22 heavy (non-hydrogen) atoms. The third-order valence-corrected chi connectivity index (χ3v) is 4.48. The topological polar surface area (TPSA) is 59.0 Å². The summed E-state index contributed by atoms with van der Waals surface area (Å²) in [5, 5.41) is 14.9. The Kier molecular flexibility index (Phi) is 9.77. The standard InChI is InChI=1S/C18H28N2OS/c1-3-5-7-10-15(9-6-4-2)14-21-17-11-8-12-18(22-20)16(17)13-19/h8,11-12,15H,3-7,9-10,14,20H2,1-2H3. The first-order valence-corrected chi connectivity index (χ1v) is 9.17. The van der Waals surface area contributed by atoms with E-state index in [1.807, 2.05) is 18.2 Å². The van der Waals surface area contributed by atoms with Gasteiger partial charge in [-0.05, 0) is 42.8 Å². The van der Waals surface area contributed by atoms with Gasteiger partial charge in [0, 0.05) is 4.90 Å². The van der Waals surface area contributed by atoms with Crippen LogP contribution < -0.4 is 9.88 Å². The first-order chi connectivity index (χ1) is 10.8. The number of nitriles is 1. The zero-order valence-corrected chi connectivity index (χ0v) is 14.6. The molecule has 0 heterocycles. The summed E-state index contributed by atoms with van der Waals surface area (Å²) in [6, 6.07) is 7.82. The zero-order valence-electron chi connectivity index (χ0n) is 13.8. The molecule has 122 valence electrons. The van der Waals surface area contributed by atoms with Gasteiger partial charge in [0.15, 0.2) is 0 Å². The van der Waals surface area contributed by atoms with Crippen LogP contribution in [0.3, 0.4) is 0 Å². The minimum absolute atomic E-state index is 0.554. The highest BCUT2D eigenvalue weighted by Crippen LogP contribution is 2.28. The van der Waals surface area contributed by atoms with Crippen molar-refractivity contribution in [2.24, 2.45) is 11.1 Å². The van der Waals surface area contributed by atoms with Gasteiger partial charge in [-0.2, -0.15) is 5.26 Å². The Morgan fingerprint density at radius 3 is 2.55 bits per heavy atom. The number of nitrogens with two attached hydrogens (primary N) is 1. The number of benzene rings is 1. The van der Waals surface area contributed by atoms with Crippen LogP contribution in [-0.4, -0.2) is 6.61 Å². The Morgan fingerprint density at radius 1 is 1.18 bits per heavy atom. The smallest absolute Gasteiger partial charge is 0.138 e. The second-order valence-electron chi connectivity index (χ2n) is 5.67. The van der Waals surface area contributed by atoms with Crippen LogP contribution >= 0.6 is 11.9 Å². The van der Waals surface area contributed by atoms with E-state index in [0.717, 1.165) is 16.8 Å². The van der Waals surface area contributed by atoms with Gasteiger partial charge in [0.1, 0.15) is 17.4 Å². The van der Waals surface area contributed by atoms with E-state index in [9.17, 15) is 5.26 Å². The fraction of sp³-hybridized carbons (Fsp3) is 0.611. The summed E-state index contributed by atoms with van der Waals surface area (Å²) in [6.45, 7) is 5.14. The van der Waals surface area contributed by atoms with Crippen LogP contribution in [0.1, 0.15) is 64.4 Å². The fourth-order valence-corrected chi connectivity index (χ4v) is 2.96. The molecule has 0 amide bonds. The molecule has 1 unspecified atom stereocenters. The van der Waals surface area contributed by atoms with Gasteiger partial charge >= 0.3 is 0 Å². The summed E-state index contributed by atoms with van der Waals surface area (Å²) in [7, 11) is 0. The quantitative estimate of drug-likeness (QED) is 0.444. The highest BCUT2D eigenvalue weighted by molar-refractivity contribution is 7.97. The number of unbranched alkanes of at least 4 members (excludes halogenated alkanes) is 3. The predicted octanol–water partition coefficient (Wildman–Crippen LogP) is 5.29. The summed E-state index contributed by atoms with van der Waals surface area (Å²) in [4.78, 5) is 0.774. The van der Waals surface area contributed by atoms with Gasteiger partial charge in [0.2, 0.25) is 0 Å². The largest absolute Gasteiger partial charge is 0.492 e. The van der Waals surface area contributed by atoms with E-state index in [1.165, 1.54) is 44.9 Å². The van der Waals surface area contributed by atoms with Crippen LogP contribution in [0.4, 0.5) is 0 Å². The highest BCUT2D eigenvalue weighted by atomic mass is 32.2. The number of hydrogen-bond acceptors (Lipinski definition) is 4. The highest BCUT2D eigenvalue weighted by Gasteiger charge is 2.13. The number of hydrogen-bond donors (Lipinski definition) is 1. The van der Waals surface area contributed by atoms with Crippen molar-refractivity contribution in [1.82, 2.24) is 0 Å². The van der Waals surface area contributed by atoms with Gasteiger partial charge in [-0.15, -0.1) is 0 Å². The van der Waals surface area contributed by atoms with Gasteiger partial charge in [0.25, 0.3) is 0 Å². The lowest BCUT2D eigenvalue weighted by Crippen LogP contribution is -2.13. The number of nitrogens with zero attached hydrogens (tertiary/aromatic N) is 1. The van der Waals surface area contributed by atoms with Crippen molar-refractivity contribution in [2.75, 3.05) is 6.61 Å². The zero-order chi connectivity index (χ0) is 16.2. The van der Waals surface area contributed by atoms with Gasteiger partial charge in [-0.3, -0.25) is 5.14 Å². The first kappa shape index (κ1) is 18.9. The van der Waals surface area contributed by atoms with E-state index in [-0.39, 0.29) is 0 Å². The van der Waals surface area contributed by atoms with Crippen LogP contribution in [0.2, 0.25) is 0 Å². The maximum atomic E-state index is 9.31. The summed E-state index contributed by atoms with van der Waals surface area (Å²) in [6.07, 6.45) is 8.66. The molecule has 0 saturated carbocycles. The van der Waals surface area contributed by atoms with Gasteiger partial charge in [-0.25, -0.2) is 0 Å². The molecule has 0 spiro atoms. The van der Waals surface area contributed by atoms with Gasteiger partial charge in [-0.1, -0.05) is 52.0 Å². The average molecular weight is 321 g/mol. The number of ether oxygens (including phenoxy) is 1. The Balaban J connectivity index is 2.65. The maximum Gasteiger partial charge on any atom is 0.138 e. The van der Waals surface area contributed by atoms with E-state index >= 15 is 0 Å². The van der Waals surface area contributed by atoms with Crippen LogP contribution in [0.15, 0.2) is 23.1 Å². The Bertz CT molecular complexity index is 471. The van der Waals surface area contributed by atoms with E-state index in [4.69, 9.17) is 9.88 Å². The van der Waals surface area contributed by atoms with Crippen LogP contribution in [0.25, 0.3) is 0 Å². The fourth-order valence-electron chi connectivity index (χ4n) is 2.53. The molecule has 1 atom stereocenters. The molecule has 0 bridgehead atoms. The Hall–Kier alpha value is -1.18. The maximum absolute atomic E-state index is 9.31. The lowest BCUT2D eigenvalue weighted by atomic mass is 9.96. The molecule has 0 aliphatic carbocycles. The monoisotopic (exact) mass is 320 g/mol. The Labute approximate surface area is 139 Å². The molecule has 0 aliphatic heterocycles. The van der Waals surface area contributed by atoms with E-state index in [1.54, 1.807) is 0 Å². The molecular formula is C18H28N2OS. The molecular weight excluding hydrogens is 292 g/mol. The molecule has 0 radical (unpaired) electrons. The summed E-state index contributed by atoms with van der Waals surface area (Å²) in [5.74, 6) is 1.24. The molecule has 0 aromatic heterocycles.